The van der Waals surface area contributed by atoms with Crippen LogP contribution in [0.1, 0.15) is 51.0 Å². The molecule has 1 aromatic rings. The highest BCUT2D eigenvalue weighted by atomic mass is 15.3. The first-order valence-corrected chi connectivity index (χ1v) is 10.0. The first kappa shape index (κ1) is 18.2. The summed E-state index contributed by atoms with van der Waals surface area (Å²) in [5.41, 5.74) is 1.20. The number of hydrogen-bond donors (Lipinski definition) is 2. The minimum Gasteiger partial charge on any atom is -0.357 e. The highest BCUT2D eigenvalue weighted by molar-refractivity contribution is 5.80. The van der Waals surface area contributed by atoms with Crippen molar-refractivity contribution in [2.45, 2.75) is 71.0 Å². The second-order valence-electron chi connectivity index (χ2n) is 7.43. The third-order valence-corrected chi connectivity index (χ3v) is 5.42. The van der Waals surface area contributed by atoms with Crippen molar-refractivity contribution < 1.29 is 0 Å². The van der Waals surface area contributed by atoms with Gasteiger partial charge >= 0.3 is 0 Å². The molecular formula is C19H34N6. The quantitative estimate of drug-likeness (QED) is 0.612. The molecule has 2 N–H and O–H groups in total. The molecule has 0 atom stereocenters. The van der Waals surface area contributed by atoms with Gasteiger partial charge in [0.2, 0.25) is 0 Å². The normalized spacial score (nSPS) is 21.0. The number of rotatable bonds is 6. The Morgan fingerprint density at radius 1 is 1.24 bits per heavy atom. The fourth-order valence-electron chi connectivity index (χ4n) is 4.05. The fraction of sp³-hybridized carbons (Fsp3) is 0.789. The van der Waals surface area contributed by atoms with Crippen molar-refractivity contribution in [1.29, 1.82) is 0 Å². The van der Waals surface area contributed by atoms with Gasteiger partial charge in [0.05, 0.1) is 19.3 Å². The Kier molecular flexibility index (Phi) is 6.73. The van der Waals surface area contributed by atoms with Crippen LogP contribution in [-0.2, 0) is 6.54 Å². The van der Waals surface area contributed by atoms with E-state index in [1.807, 2.05) is 10.9 Å². The molecule has 0 aromatic carbocycles. The summed E-state index contributed by atoms with van der Waals surface area (Å²) in [4.78, 5) is 7.45. The molecule has 0 spiro atoms. The molecule has 3 rings (SSSR count). The van der Waals surface area contributed by atoms with Gasteiger partial charge in [-0.1, -0.05) is 12.8 Å². The van der Waals surface area contributed by atoms with Crippen LogP contribution in [-0.4, -0.2) is 58.9 Å². The van der Waals surface area contributed by atoms with E-state index in [-0.39, 0.29) is 0 Å². The van der Waals surface area contributed by atoms with Gasteiger partial charge in [0.1, 0.15) is 0 Å². The maximum absolute atomic E-state index is 4.73. The maximum Gasteiger partial charge on any atom is 0.191 e. The molecular weight excluding hydrogens is 312 g/mol. The molecule has 0 unspecified atom stereocenters. The van der Waals surface area contributed by atoms with E-state index in [0.717, 1.165) is 31.6 Å². The van der Waals surface area contributed by atoms with Crippen LogP contribution in [0.5, 0.6) is 0 Å². The summed E-state index contributed by atoms with van der Waals surface area (Å²) >= 11 is 0. The predicted octanol–water partition coefficient (Wildman–Crippen LogP) is 2.15. The van der Waals surface area contributed by atoms with Crippen molar-refractivity contribution in [3.05, 3.63) is 18.0 Å². The number of aryl methyl sites for hydroxylation is 1. The zero-order chi connectivity index (χ0) is 17.5. The molecule has 1 aliphatic heterocycles. The SMILES string of the molecule is CCNC(=NCCn1cc(C)cn1)NC1CCN(C2CCCC2)CC1. The minimum atomic E-state index is 0.544. The lowest BCUT2D eigenvalue weighted by Crippen LogP contribution is -2.50. The average Bonchev–Trinajstić information content (AvgIpc) is 3.28. The fourth-order valence-corrected chi connectivity index (χ4v) is 4.05. The van der Waals surface area contributed by atoms with Gasteiger partial charge in [0.15, 0.2) is 5.96 Å². The Bertz CT molecular complexity index is 538. The molecule has 0 radical (unpaired) electrons. The van der Waals surface area contributed by atoms with E-state index in [0.29, 0.717) is 6.04 Å². The molecule has 6 heteroatoms. The molecule has 25 heavy (non-hydrogen) atoms. The van der Waals surface area contributed by atoms with E-state index in [1.165, 1.54) is 57.2 Å². The Balaban J connectivity index is 1.44. The van der Waals surface area contributed by atoms with Gasteiger partial charge in [-0.15, -0.1) is 0 Å². The summed E-state index contributed by atoms with van der Waals surface area (Å²) in [6.07, 6.45) is 12.1. The molecule has 140 valence electrons. The number of hydrogen-bond acceptors (Lipinski definition) is 3. The van der Waals surface area contributed by atoms with Gasteiger partial charge < -0.3 is 15.5 Å². The molecule has 1 aliphatic carbocycles. The van der Waals surface area contributed by atoms with Crippen molar-refractivity contribution in [3.8, 4) is 0 Å². The van der Waals surface area contributed by atoms with Crippen molar-refractivity contribution >= 4 is 5.96 Å². The van der Waals surface area contributed by atoms with E-state index in [2.05, 4.69) is 40.7 Å². The van der Waals surface area contributed by atoms with E-state index >= 15 is 0 Å². The van der Waals surface area contributed by atoms with Crippen LogP contribution in [0, 0.1) is 6.92 Å². The first-order valence-electron chi connectivity index (χ1n) is 10.0. The molecule has 6 nitrogen and oxygen atoms in total. The monoisotopic (exact) mass is 346 g/mol. The number of guanidine groups is 1. The molecule has 2 heterocycles. The van der Waals surface area contributed by atoms with Crippen LogP contribution < -0.4 is 10.6 Å². The standard InChI is InChI=1S/C19H34N6/c1-3-20-19(21-10-13-25-15-16(2)14-22-25)23-17-8-11-24(12-9-17)18-6-4-5-7-18/h14-15,17-18H,3-13H2,1-2H3,(H2,20,21,23). The van der Waals surface area contributed by atoms with Crippen LogP contribution in [0.3, 0.4) is 0 Å². The van der Waals surface area contributed by atoms with Crippen molar-refractivity contribution in [3.63, 3.8) is 0 Å². The van der Waals surface area contributed by atoms with E-state index in [9.17, 15) is 0 Å². The van der Waals surface area contributed by atoms with Crippen LogP contribution >= 0.6 is 0 Å². The number of nitrogens with one attached hydrogen (secondary N) is 2. The average molecular weight is 347 g/mol. The maximum atomic E-state index is 4.73. The van der Waals surface area contributed by atoms with Gasteiger partial charge in [-0.05, 0) is 45.1 Å². The molecule has 0 amide bonds. The van der Waals surface area contributed by atoms with Gasteiger partial charge in [0, 0.05) is 37.9 Å². The van der Waals surface area contributed by atoms with E-state index in [1.54, 1.807) is 0 Å². The van der Waals surface area contributed by atoms with Crippen molar-refractivity contribution in [1.82, 2.24) is 25.3 Å². The van der Waals surface area contributed by atoms with Crippen molar-refractivity contribution in [2.75, 3.05) is 26.2 Å². The summed E-state index contributed by atoms with van der Waals surface area (Å²) < 4.78 is 1.96. The summed E-state index contributed by atoms with van der Waals surface area (Å²) in [7, 11) is 0. The summed E-state index contributed by atoms with van der Waals surface area (Å²) in [6.45, 7) is 9.12. The lowest BCUT2D eigenvalue weighted by Gasteiger charge is -2.36. The van der Waals surface area contributed by atoms with Crippen LogP contribution in [0.4, 0.5) is 0 Å². The number of aromatic nitrogens is 2. The molecule has 1 aromatic heterocycles. The lowest BCUT2D eigenvalue weighted by molar-refractivity contribution is 0.150. The smallest absolute Gasteiger partial charge is 0.191 e. The zero-order valence-electron chi connectivity index (χ0n) is 15.9. The minimum absolute atomic E-state index is 0.544. The van der Waals surface area contributed by atoms with E-state index in [4.69, 9.17) is 4.99 Å². The number of nitrogens with zero attached hydrogens (tertiary/aromatic N) is 4. The molecule has 1 saturated heterocycles. The second kappa shape index (κ2) is 9.22. The summed E-state index contributed by atoms with van der Waals surface area (Å²) in [5.74, 6) is 0.950. The van der Waals surface area contributed by atoms with Crippen molar-refractivity contribution in [2.24, 2.45) is 4.99 Å². The topological polar surface area (TPSA) is 57.5 Å². The highest BCUT2D eigenvalue weighted by Gasteiger charge is 2.27. The predicted molar refractivity (Wildman–Crippen MR) is 103 cm³/mol. The third kappa shape index (κ3) is 5.46. The lowest BCUT2D eigenvalue weighted by atomic mass is 10.0. The Morgan fingerprint density at radius 3 is 2.64 bits per heavy atom. The van der Waals surface area contributed by atoms with Gasteiger partial charge in [0.25, 0.3) is 0 Å². The molecule has 1 saturated carbocycles. The number of piperidine rings is 1. The van der Waals surface area contributed by atoms with Gasteiger partial charge in [-0.3, -0.25) is 9.67 Å². The Hall–Kier alpha value is -1.56. The van der Waals surface area contributed by atoms with Gasteiger partial charge in [-0.25, -0.2) is 0 Å². The number of aliphatic imine (C=N–C) groups is 1. The van der Waals surface area contributed by atoms with Crippen LogP contribution in [0.15, 0.2) is 17.4 Å². The summed E-state index contributed by atoms with van der Waals surface area (Å²) in [5, 5.41) is 11.3. The Labute approximate surface area is 152 Å². The molecule has 2 fully saturated rings. The van der Waals surface area contributed by atoms with E-state index < -0.39 is 0 Å². The van der Waals surface area contributed by atoms with Crippen LogP contribution in [0.25, 0.3) is 0 Å². The Morgan fingerprint density at radius 2 is 2.00 bits per heavy atom. The zero-order valence-corrected chi connectivity index (χ0v) is 15.9. The summed E-state index contributed by atoms with van der Waals surface area (Å²) in [6, 6.07) is 1.41. The van der Waals surface area contributed by atoms with Crippen LogP contribution in [0.2, 0.25) is 0 Å². The molecule has 0 bridgehead atoms. The second-order valence-corrected chi connectivity index (χ2v) is 7.43. The number of likely N-dealkylation sites (tertiary alicyclic amines) is 1. The van der Waals surface area contributed by atoms with Gasteiger partial charge in [-0.2, -0.15) is 5.10 Å². The first-order chi connectivity index (χ1) is 12.2. The largest absolute Gasteiger partial charge is 0.357 e. The molecule has 2 aliphatic rings. The third-order valence-electron chi connectivity index (χ3n) is 5.42. The highest BCUT2D eigenvalue weighted by Crippen LogP contribution is 2.26.